The minimum atomic E-state index is -3.74. The maximum absolute atomic E-state index is 12.5. The van der Waals surface area contributed by atoms with Gasteiger partial charge in [-0.05, 0) is 42.0 Å². The van der Waals surface area contributed by atoms with Crippen LogP contribution in [0.15, 0.2) is 70.2 Å². The summed E-state index contributed by atoms with van der Waals surface area (Å²) in [5, 5.41) is 2.70. The lowest BCUT2D eigenvalue weighted by molar-refractivity contribution is 0.0996. The van der Waals surface area contributed by atoms with E-state index in [4.69, 9.17) is 13.9 Å². The largest absolute Gasteiger partial charge is 0.493 e. The number of carbonyl (C=O) groups excluding carboxylic acids is 1. The summed E-state index contributed by atoms with van der Waals surface area (Å²) in [4.78, 5) is 12.0. The first-order valence-corrected chi connectivity index (χ1v) is 10.1. The van der Waals surface area contributed by atoms with Crippen LogP contribution in [0, 0.1) is 0 Å². The molecule has 3 rings (SSSR count). The maximum Gasteiger partial charge on any atom is 0.291 e. The minimum Gasteiger partial charge on any atom is -0.493 e. The lowest BCUT2D eigenvalue weighted by Gasteiger charge is -2.11. The summed E-state index contributed by atoms with van der Waals surface area (Å²) >= 11 is 0. The Balaban J connectivity index is 1.64. The molecule has 9 heteroatoms. The van der Waals surface area contributed by atoms with Gasteiger partial charge in [0, 0.05) is 18.3 Å². The normalized spacial score (nSPS) is 11.1. The van der Waals surface area contributed by atoms with Gasteiger partial charge in [0.15, 0.2) is 17.3 Å². The van der Waals surface area contributed by atoms with Gasteiger partial charge >= 0.3 is 0 Å². The minimum absolute atomic E-state index is 0.0671. The number of hydrogen-bond acceptors (Lipinski definition) is 6. The Morgan fingerprint density at radius 2 is 1.72 bits per heavy atom. The summed E-state index contributed by atoms with van der Waals surface area (Å²) in [5.74, 6) is 0.610. The van der Waals surface area contributed by atoms with Crippen LogP contribution in [0.2, 0.25) is 0 Å². The second-order valence-electron chi connectivity index (χ2n) is 5.97. The summed E-state index contributed by atoms with van der Waals surface area (Å²) in [6.07, 6.45) is 1.42. The third-order valence-corrected chi connectivity index (χ3v) is 5.49. The van der Waals surface area contributed by atoms with Crippen molar-refractivity contribution in [3.05, 3.63) is 72.2 Å². The number of amides is 1. The van der Waals surface area contributed by atoms with E-state index >= 15 is 0 Å². The van der Waals surface area contributed by atoms with Crippen LogP contribution < -0.4 is 19.5 Å². The van der Waals surface area contributed by atoms with E-state index < -0.39 is 10.0 Å². The molecule has 2 aromatic carbocycles. The Morgan fingerprint density at radius 3 is 2.34 bits per heavy atom. The number of anilines is 1. The molecule has 0 aliphatic carbocycles. The summed E-state index contributed by atoms with van der Waals surface area (Å²) < 4.78 is 42.9. The highest BCUT2D eigenvalue weighted by molar-refractivity contribution is 7.89. The SMILES string of the molecule is COc1ccc(S(=O)(=O)NCc2ccc(NC(=O)c3ccco3)cc2)cc1OC. The van der Waals surface area contributed by atoms with E-state index in [1.165, 1.54) is 38.7 Å². The Kier molecular flexibility index (Phi) is 6.20. The van der Waals surface area contributed by atoms with Crippen LogP contribution in [0.3, 0.4) is 0 Å². The van der Waals surface area contributed by atoms with E-state index in [1.54, 1.807) is 36.4 Å². The van der Waals surface area contributed by atoms with Crippen molar-refractivity contribution in [3.63, 3.8) is 0 Å². The van der Waals surface area contributed by atoms with Crippen LogP contribution in [0.4, 0.5) is 5.69 Å². The average Bonchev–Trinajstić information content (AvgIpc) is 3.28. The van der Waals surface area contributed by atoms with Crippen LogP contribution in [-0.2, 0) is 16.6 Å². The van der Waals surface area contributed by atoms with Crippen molar-refractivity contribution >= 4 is 21.6 Å². The van der Waals surface area contributed by atoms with Gasteiger partial charge in [0.2, 0.25) is 10.0 Å². The first kappa shape index (κ1) is 20.4. The number of sulfonamides is 1. The van der Waals surface area contributed by atoms with Gasteiger partial charge in [0.1, 0.15) is 0 Å². The Hall–Kier alpha value is -3.30. The number of methoxy groups -OCH3 is 2. The highest BCUT2D eigenvalue weighted by atomic mass is 32.2. The van der Waals surface area contributed by atoms with Crippen molar-refractivity contribution in [2.75, 3.05) is 19.5 Å². The molecule has 152 valence electrons. The van der Waals surface area contributed by atoms with E-state index in [0.29, 0.717) is 17.2 Å². The molecule has 0 radical (unpaired) electrons. The highest BCUT2D eigenvalue weighted by Crippen LogP contribution is 2.29. The van der Waals surface area contributed by atoms with Crippen molar-refractivity contribution in [3.8, 4) is 11.5 Å². The first-order chi connectivity index (χ1) is 13.9. The smallest absolute Gasteiger partial charge is 0.291 e. The lowest BCUT2D eigenvalue weighted by Crippen LogP contribution is -2.23. The molecule has 0 unspecified atom stereocenters. The number of furan rings is 1. The first-order valence-electron chi connectivity index (χ1n) is 8.58. The molecule has 0 saturated carbocycles. The molecule has 29 heavy (non-hydrogen) atoms. The van der Waals surface area contributed by atoms with E-state index in [0.717, 1.165) is 5.56 Å². The van der Waals surface area contributed by atoms with Crippen molar-refractivity contribution in [1.82, 2.24) is 4.72 Å². The number of ether oxygens (including phenoxy) is 2. The Bertz CT molecular complexity index is 1080. The molecule has 1 aromatic heterocycles. The summed E-state index contributed by atoms with van der Waals surface area (Å²) in [7, 11) is -0.827. The second-order valence-corrected chi connectivity index (χ2v) is 7.74. The Morgan fingerprint density at radius 1 is 1.00 bits per heavy atom. The molecule has 8 nitrogen and oxygen atoms in total. The molecule has 0 spiro atoms. The average molecular weight is 416 g/mol. The fourth-order valence-corrected chi connectivity index (χ4v) is 3.58. The predicted octanol–water partition coefficient (Wildman–Crippen LogP) is 3.03. The lowest BCUT2D eigenvalue weighted by atomic mass is 10.2. The van der Waals surface area contributed by atoms with Gasteiger partial charge < -0.3 is 19.2 Å². The zero-order valence-corrected chi connectivity index (χ0v) is 16.7. The molecular weight excluding hydrogens is 396 g/mol. The third-order valence-electron chi connectivity index (χ3n) is 4.09. The van der Waals surface area contributed by atoms with E-state index in [9.17, 15) is 13.2 Å². The van der Waals surface area contributed by atoms with Crippen LogP contribution in [-0.4, -0.2) is 28.5 Å². The van der Waals surface area contributed by atoms with E-state index in [1.807, 2.05) is 0 Å². The monoisotopic (exact) mass is 416 g/mol. The molecule has 0 aliphatic rings. The molecule has 0 saturated heterocycles. The van der Waals surface area contributed by atoms with Gasteiger partial charge in [-0.15, -0.1) is 0 Å². The molecule has 0 aliphatic heterocycles. The number of carbonyl (C=O) groups is 1. The number of benzene rings is 2. The van der Waals surface area contributed by atoms with Gasteiger partial charge in [-0.2, -0.15) is 0 Å². The molecule has 1 heterocycles. The van der Waals surface area contributed by atoms with Crippen molar-refractivity contribution < 1.29 is 27.1 Å². The van der Waals surface area contributed by atoms with Gasteiger partial charge in [0.25, 0.3) is 5.91 Å². The van der Waals surface area contributed by atoms with Gasteiger partial charge in [-0.25, -0.2) is 13.1 Å². The number of nitrogens with one attached hydrogen (secondary N) is 2. The fraction of sp³-hybridized carbons (Fsp3) is 0.150. The van der Waals surface area contributed by atoms with E-state index in [-0.39, 0.29) is 23.1 Å². The van der Waals surface area contributed by atoms with Crippen LogP contribution in [0.5, 0.6) is 11.5 Å². The quantitative estimate of drug-likeness (QED) is 0.585. The summed E-state index contributed by atoms with van der Waals surface area (Å²) in [5.41, 5.74) is 1.29. The fourth-order valence-electron chi connectivity index (χ4n) is 2.55. The second kappa shape index (κ2) is 8.80. The van der Waals surface area contributed by atoms with E-state index in [2.05, 4.69) is 10.0 Å². The predicted molar refractivity (Wildman–Crippen MR) is 107 cm³/mol. The molecule has 0 fully saturated rings. The number of rotatable bonds is 8. The molecule has 2 N–H and O–H groups in total. The van der Waals surface area contributed by atoms with Crippen molar-refractivity contribution in [2.24, 2.45) is 0 Å². The van der Waals surface area contributed by atoms with Crippen molar-refractivity contribution in [2.45, 2.75) is 11.4 Å². The van der Waals surface area contributed by atoms with Gasteiger partial charge in [-0.3, -0.25) is 4.79 Å². The van der Waals surface area contributed by atoms with Gasteiger partial charge in [0.05, 0.1) is 25.4 Å². The zero-order chi connectivity index (χ0) is 20.9. The van der Waals surface area contributed by atoms with Gasteiger partial charge in [-0.1, -0.05) is 12.1 Å². The number of hydrogen-bond donors (Lipinski definition) is 2. The van der Waals surface area contributed by atoms with Crippen LogP contribution in [0.25, 0.3) is 0 Å². The Labute approximate surface area is 168 Å². The molecular formula is C20H20N2O6S. The summed E-state index contributed by atoms with van der Waals surface area (Å²) in [6, 6.07) is 14.4. The summed E-state index contributed by atoms with van der Waals surface area (Å²) in [6.45, 7) is 0.0864. The van der Waals surface area contributed by atoms with Crippen LogP contribution >= 0.6 is 0 Å². The standard InChI is InChI=1S/C20H20N2O6S/c1-26-17-10-9-16(12-19(17)27-2)29(24,25)21-13-14-5-7-15(8-6-14)22-20(23)18-4-3-11-28-18/h3-12,21H,13H2,1-2H3,(H,22,23). The topological polar surface area (TPSA) is 107 Å². The van der Waals surface area contributed by atoms with Crippen LogP contribution in [0.1, 0.15) is 16.1 Å². The molecule has 0 atom stereocenters. The zero-order valence-electron chi connectivity index (χ0n) is 15.8. The third kappa shape index (κ3) is 4.95. The highest BCUT2D eigenvalue weighted by Gasteiger charge is 2.17. The molecule has 0 bridgehead atoms. The maximum atomic E-state index is 12.5. The molecule has 1 amide bonds. The molecule has 3 aromatic rings. The van der Waals surface area contributed by atoms with Crippen molar-refractivity contribution in [1.29, 1.82) is 0 Å².